The van der Waals surface area contributed by atoms with Gasteiger partial charge >= 0.3 is 0 Å². The van der Waals surface area contributed by atoms with E-state index in [1.165, 1.54) is 4.90 Å². The van der Waals surface area contributed by atoms with E-state index in [2.05, 4.69) is 0 Å². The summed E-state index contributed by atoms with van der Waals surface area (Å²) in [7, 11) is -1.43. The molecule has 136 valence electrons. The van der Waals surface area contributed by atoms with Gasteiger partial charge in [-0.15, -0.1) is 0 Å². The second-order valence-corrected chi connectivity index (χ2v) is 9.48. The number of carbonyl (C=O) groups is 2. The highest BCUT2D eigenvalue weighted by molar-refractivity contribution is 7.91. The van der Waals surface area contributed by atoms with Crippen molar-refractivity contribution in [3.05, 3.63) is 28.8 Å². The molecule has 1 aromatic carbocycles. The fourth-order valence-electron chi connectivity index (χ4n) is 3.42. The molecule has 2 fully saturated rings. The van der Waals surface area contributed by atoms with Gasteiger partial charge in [-0.2, -0.15) is 0 Å². The van der Waals surface area contributed by atoms with Crippen molar-refractivity contribution in [1.29, 1.82) is 0 Å². The normalized spacial score (nSPS) is 25.4. The van der Waals surface area contributed by atoms with Gasteiger partial charge in [0.05, 0.1) is 17.4 Å². The van der Waals surface area contributed by atoms with Crippen LogP contribution in [0.15, 0.2) is 18.2 Å². The van der Waals surface area contributed by atoms with Gasteiger partial charge in [0.25, 0.3) is 0 Å². The van der Waals surface area contributed by atoms with Crippen LogP contribution in [-0.4, -0.2) is 56.3 Å². The maximum absolute atomic E-state index is 12.7. The molecule has 2 heterocycles. The van der Waals surface area contributed by atoms with Gasteiger partial charge in [0, 0.05) is 36.8 Å². The third kappa shape index (κ3) is 3.67. The predicted molar refractivity (Wildman–Crippen MR) is 96.5 cm³/mol. The first-order valence-electron chi connectivity index (χ1n) is 8.21. The molecule has 0 N–H and O–H groups in total. The second kappa shape index (κ2) is 6.61. The molecule has 1 aromatic rings. The molecule has 2 saturated heterocycles. The third-order valence-electron chi connectivity index (χ3n) is 5.05. The minimum atomic E-state index is -3.06. The standard InChI is InChI=1S/C17H21ClN2O4S/c1-11-3-4-13(8-15(11)18)20-9-12(7-16(20)21)17(22)19(2)14-5-6-25(23,24)10-14/h3-4,8,12,14H,5-7,9-10H2,1-2H3. The lowest BCUT2D eigenvalue weighted by atomic mass is 10.1. The third-order valence-corrected chi connectivity index (χ3v) is 7.20. The SMILES string of the molecule is Cc1ccc(N2CC(C(=O)N(C)C3CCS(=O)(=O)C3)CC2=O)cc1Cl. The van der Waals surface area contributed by atoms with Gasteiger partial charge in [0.15, 0.2) is 9.84 Å². The highest BCUT2D eigenvalue weighted by Gasteiger charge is 2.40. The van der Waals surface area contributed by atoms with Crippen LogP contribution in [0, 0.1) is 12.8 Å². The number of sulfone groups is 1. The molecule has 0 bridgehead atoms. The first-order chi connectivity index (χ1) is 11.7. The highest BCUT2D eigenvalue weighted by Crippen LogP contribution is 2.30. The van der Waals surface area contributed by atoms with Crippen molar-refractivity contribution in [2.45, 2.75) is 25.8 Å². The molecule has 2 amide bonds. The molecule has 25 heavy (non-hydrogen) atoms. The Hall–Kier alpha value is -1.60. The number of hydrogen-bond donors (Lipinski definition) is 0. The number of hydrogen-bond acceptors (Lipinski definition) is 4. The summed E-state index contributed by atoms with van der Waals surface area (Å²) in [6, 6.07) is 5.10. The number of carbonyl (C=O) groups excluding carboxylic acids is 2. The lowest BCUT2D eigenvalue weighted by Crippen LogP contribution is -2.42. The Bertz CT molecular complexity index is 824. The number of rotatable bonds is 3. The first kappa shape index (κ1) is 18.2. The zero-order valence-electron chi connectivity index (χ0n) is 14.2. The van der Waals surface area contributed by atoms with E-state index in [0.717, 1.165) is 5.56 Å². The molecule has 2 unspecified atom stereocenters. The van der Waals surface area contributed by atoms with Crippen molar-refractivity contribution < 1.29 is 18.0 Å². The van der Waals surface area contributed by atoms with Gasteiger partial charge in [-0.1, -0.05) is 17.7 Å². The summed E-state index contributed by atoms with van der Waals surface area (Å²) in [6.45, 7) is 2.18. The van der Waals surface area contributed by atoms with Crippen LogP contribution in [0.1, 0.15) is 18.4 Å². The van der Waals surface area contributed by atoms with Crippen LogP contribution in [0.25, 0.3) is 0 Å². The summed E-state index contributed by atoms with van der Waals surface area (Å²) in [4.78, 5) is 28.1. The van der Waals surface area contributed by atoms with E-state index in [1.54, 1.807) is 18.0 Å². The lowest BCUT2D eigenvalue weighted by molar-refractivity contribution is -0.136. The lowest BCUT2D eigenvalue weighted by Gasteiger charge is -2.26. The average Bonchev–Trinajstić information content (AvgIpc) is 3.11. The molecule has 0 aliphatic carbocycles. The molecule has 8 heteroatoms. The number of nitrogens with zero attached hydrogens (tertiary/aromatic N) is 2. The van der Waals surface area contributed by atoms with Crippen LogP contribution < -0.4 is 4.90 Å². The van der Waals surface area contributed by atoms with E-state index in [0.29, 0.717) is 23.7 Å². The molecular weight excluding hydrogens is 364 g/mol. The number of amides is 2. The van der Waals surface area contributed by atoms with E-state index in [4.69, 9.17) is 11.6 Å². The number of aryl methyl sites for hydroxylation is 1. The Labute approximate surface area is 152 Å². The summed E-state index contributed by atoms with van der Waals surface area (Å²) in [5.74, 6) is -0.622. The minimum absolute atomic E-state index is 0.00713. The summed E-state index contributed by atoms with van der Waals surface area (Å²) in [5.41, 5.74) is 1.61. The molecule has 2 atom stereocenters. The van der Waals surface area contributed by atoms with Gasteiger partial charge in [-0.05, 0) is 31.0 Å². The highest BCUT2D eigenvalue weighted by atomic mass is 35.5. The smallest absolute Gasteiger partial charge is 0.228 e. The van der Waals surface area contributed by atoms with Crippen LogP contribution >= 0.6 is 11.6 Å². The molecule has 2 aliphatic heterocycles. The van der Waals surface area contributed by atoms with E-state index in [1.807, 2.05) is 19.1 Å². The second-order valence-electron chi connectivity index (χ2n) is 6.84. The minimum Gasteiger partial charge on any atom is -0.341 e. The zero-order valence-corrected chi connectivity index (χ0v) is 15.8. The zero-order chi connectivity index (χ0) is 18.4. The van der Waals surface area contributed by atoms with E-state index in [-0.39, 0.29) is 35.8 Å². The van der Waals surface area contributed by atoms with Gasteiger partial charge in [-0.3, -0.25) is 9.59 Å². The van der Waals surface area contributed by atoms with Crippen LogP contribution in [0.4, 0.5) is 5.69 Å². The maximum Gasteiger partial charge on any atom is 0.228 e. The molecule has 0 radical (unpaired) electrons. The average molecular weight is 385 g/mol. The molecule has 6 nitrogen and oxygen atoms in total. The summed E-state index contributed by atoms with van der Waals surface area (Å²) >= 11 is 6.13. The fourth-order valence-corrected chi connectivity index (χ4v) is 5.37. The molecular formula is C17H21ClN2O4S. The van der Waals surface area contributed by atoms with Gasteiger partial charge in [0.2, 0.25) is 11.8 Å². The first-order valence-corrected chi connectivity index (χ1v) is 10.4. The number of benzene rings is 1. The molecule has 0 spiro atoms. The Balaban J connectivity index is 1.71. The van der Waals surface area contributed by atoms with Crippen molar-refractivity contribution >= 4 is 38.9 Å². The topological polar surface area (TPSA) is 74.8 Å². The Morgan fingerprint density at radius 3 is 2.68 bits per heavy atom. The van der Waals surface area contributed by atoms with Gasteiger partial charge in [-0.25, -0.2) is 8.42 Å². The Kier molecular flexibility index (Phi) is 4.81. The summed E-state index contributed by atoms with van der Waals surface area (Å²) < 4.78 is 23.3. The van der Waals surface area contributed by atoms with Gasteiger partial charge in [0.1, 0.15) is 0 Å². The quantitative estimate of drug-likeness (QED) is 0.794. The van der Waals surface area contributed by atoms with Crippen molar-refractivity contribution in [2.24, 2.45) is 5.92 Å². The molecule has 0 saturated carbocycles. The van der Waals surface area contributed by atoms with Crippen LogP contribution in [0.5, 0.6) is 0 Å². The summed E-state index contributed by atoms with van der Waals surface area (Å²) in [6.07, 6.45) is 0.594. The molecule has 2 aliphatic rings. The van der Waals surface area contributed by atoms with E-state index >= 15 is 0 Å². The van der Waals surface area contributed by atoms with Crippen molar-refractivity contribution in [2.75, 3.05) is 30.0 Å². The van der Waals surface area contributed by atoms with Gasteiger partial charge < -0.3 is 9.80 Å². The van der Waals surface area contributed by atoms with Crippen LogP contribution in [0.2, 0.25) is 5.02 Å². The monoisotopic (exact) mass is 384 g/mol. The number of anilines is 1. The van der Waals surface area contributed by atoms with E-state index < -0.39 is 15.8 Å². The molecule has 3 rings (SSSR count). The van der Waals surface area contributed by atoms with Crippen LogP contribution in [0.3, 0.4) is 0 Å². The largest absolute Gasteiger partial charge is 0.341 e. The number of halogens is 1. The Morgan fingerprint density at radius 1 is 1.36 bits per heavy atom. The maximum atomic E-state index is 12.7. The van der Waals surface area contributed by atoms with E-state index in [9.17, 15) is 18.0 Å². The van der Waals surface area contributed by atoms with Crippen molar-refractivity contribution in [3.63, 3.8) is 0 Å². The predicted octanol–water partition coefficient (Wildman–Crippen LogP) is 1.65. The fraction of sp³-hybridized carbons (Fsp3) is 0.529. The van der Waals surface area contributed by atoms with Crippen molar-refractivity contribution in [1.82, 2.24) is 4.90 Å². The summed E-state index contributed by atoms with van der Waals surface area (Å²) in [5, 5.41) is 0.577. The Morgan fingerprint density at radius 2 is 2.08 bits per heavy atom. The van der Waals surface area contributed by atoms with Crippen LogP contribution in [-0.2, 0) is 19.4 Å². The molecule has 0 aromatic heterocycles. The van der Waals surface area contributed by atoms with Crippen molar-refractivity contribution in [3.8, 4) is 0 Å².